The number of carbonyl (C=O) groups excluding carboxylic acids is 1. The fourth-order valence-electron chi connectivity index (χ4n) is 3.00. The summed E-state index contributed by atoms with van der Waals surface area (Å²) in [6, 6.07) is 7.21. The Balaban J connectivity index is 1.83. The van der Waals surface area contributed by atoms with Gasteiger partial charge in [-0.3, -0.25) is 9.69 Å². The molecule has 23 heavy (non-hydrogen) atoms. The number of carbonyl (C=O) groups is 1. The number of rotatable bonds is 6. The number of nitrogens with one attached hydrogen (secondary N) is 1. The van der Waals surface area contributed by atoms with E-state index < -0.39 is 0 Å². The Morgan fingerprint density at radius 1 is 1.61 bits per heavy atom. The van der Waals surface area contributed by atoms with Gasteiger partial charge in [-0.1, -0.05) is 11.6 Å². The summed E-state index contributed by atoms with van der Waals surface area (Å²) in [4.78, 5) is 14.3. The van der Waals surface area contributed by atoms with Crippen LogP contribution in [0.2, 0.25) is 5.02 Å². The van der Waals surface area contributed by atoms with Crippen molar-refractivity contribution in [3.8, 4) is 6.07 Å². The summed E-state index contributed by atoms with van der Waals surface area (Å²) in [7, 11) is 0. The normalized spacial score (nSPS) is 19.3. The van der Waals surface area contributed by atoms with E-state index in [1.54, 1.807) is 25.1 Å². The summed E-state index contributed by atoms with van der Waals surface area (Å²) in [6.07, 6.45) is 3.04. The van der Waals surface area contributed by atoms with Crippen molar-refractivity contribution >= 4 is 23.2 Å². The highest BCUT2D eigenvalue weighted by Gasteiger charge is 2.25. The zero-order chi connectivity index (χ0) is 16.8. The van der Waals surface area contributed by atoms with Crippen LogP contribution in [0.1, 0.15) is 38.2 Å². The monoisotopic (exact) mass is 335 g/mol. The fraction of sp³-hybridized carbons (Fsp3) is 0.529. The van der Waals surface area contributed by atoms with E-state index >= 15 is 0 Å². The molecule has 5 nitrogen and oxygen atoms in total. The van der Waals surface area contributed by atoms with Crippen molar-refractivity contribution in [2.75, 3.05) is 18.4 Å². The van der Waals surface area contributed by atoms with Crippen LogP contribution in [0.5, 0.6) is 0 Å². The van der Waals surface area contributed by atoms with E-state index in [0.717, 1.165) is 25.8 Å². The third-order valence-corrected chi connectivity index (χ3v) is 4.42. The Kier molecular flexibility index (Phi) is 6.40. The smallest absolute Gasteiger partial charge is 0.225 e. The number of hydrogen-bond acceptors (Lipinski definition) is 4. The van der Waals surface area contributed by atoms with Crippen LogP contribution in [-0.2, 0) is 4.79 Å². The third kappa shape index (κ3) is 5.21. The molecule has 1 fully saturated rings. The van der Waals surface area contributed by atoms with Gasteiger partial charge in [0, 0.05) is 24.7 Å². The Labute approximate surface area is 141 Å². The summed E-state index contributed by atoms with van der Waals surface area (Å²) in [5.41, 5.74) is 0.989. The van der Waals surface area contributed by atoms with Crippen molar-refractivity contribution in [3.63, 3.8) is 0 Å². The number of hydrogen-bond donors (Lipinski definition) is 2. The lowest BCUT2D eigenvalue weighted by Gasteiger charge is -2.25. The first-order chi connectivity index (χ1) is 11.0. The molecule has 1 aromatic carbocycles. The van der Waals surface area contributed by atoms with E-state index in [4.69, 9.17) is 16.9 Å². The minimum absolute atomic E-state index is 0.0755. The average molecular weight is 336 g/mol. The topological polar surface area (TPSA) is 76.4 Å². The van der Waals surface area contributed by atoms with Crippen molar-refractivity contribution in [2.45, 2.75) is 44.8 Å². The van der Waals surface area contributed by atoms with Crippen molar-refractivity contribution in [1.82, 2.24) is 4.90 Å². The maximum Gasteiger partial charge on any atom is 0.225 e. The first-order valence-corrected chi connectivity index (χ1v) is 8.29. The van der Waals surface area contributed by atoms with Crippen LogP contribution in [0, 0.1) is 11.3 Å². The second-order valence-corrected chi connectivity index (χ2v) is 6.43. The second-order valence-electron chi connectivity index (χ2n) is 6.02. The Bertz CT molecular complexity index is 598. The molecule has 0 spiro atoms. The van der Waals surface area contributed by atoms with Crippen LogP contribution in [-0.4, -0.2) is 41.1 Å². The van der Waals surface area contributed by atoms with Gasteiger partial charge in [-0.05, 0) is 50.9 Å². The minimum atomic E-state index is -0.310. The van der Waals surface area contributed by atoms with Gasteiger partial charge in [0.1, 0.15) is 6.07 Å². The third-order valence-electron chi connectivity index (χ3n) is 4.11. The van der Waals surface area contributed by atoms with E-state index in [1.807, 2.05) is 6.07 Å². The van der Waals surface area contributed by atoms with Gasteiger partial charge >= 0.3 is 0 Å². The van der Waals surface area contributed by atoms with Crippen molar-refractivity contribution < 1.29 is 9.90 Å². The first-order valence-electron chi connectivity index (χ1n) is 7.91. The summed E-state index contributed by atoms with van der Waals surface area (Å²) in [6.45, 7) is 3.47. The van der Waals surface area contributed by atoms with E-state index in [0.29, 0.717) is 35.3 Å². The quantitative estimate of drug-likeness (QED) is 0.838. The number of likely N-dealkylation sites (tertiary alicyclic amines) is 1. The maximum absolute atomic E-state index is 12.1. The van der Waals surface area contributed by atoms with Crippen LogP contribution in [0.15, 0.2) is 18.2 Å². The van der Waals surface area contributed by atoms with Gasteiger partial charge in [-0.2, -0.15) is 5.26 Å². The molecule has 1 amide bonds. The van der Waals surface area contributed by atoms with Crippen LogP contribution < -0.4 is 5.32 Å². The van der Waals surface area contributed by atoms with E-state index in [2.05, 4.69) is 10.2 Å². The van der Waals surface area contributed by atoms with Gasteiger partial charge in [0.05, 0.1) is 16.7 Å². The lowest BCUT2D eigenvalue weighted by molar-refractivity contribution is -0.116. The lowest BCUT2D eigenvalue weighted by Crippen LogP contribution is -2.34. The van der Waals surface area contributed by atoms with Crippen molar-refractivity contribution in [2.24, 2.45) is 0 Å². The predicted molar refractivity (Wildman–Crippen MR) is 90.3 cm³/mol. The predicted octanol–water partition coefficient (Wildman–Crippen LogP) is 2.78. The molecule has 0 radical (unpaired) electrons. The first kappa shape index (κ1) is 17.7. The van der Waals surface area contributed by atoms with Crippen molar-refractivity contribution in [1.29, 1.82) is 5.26 Å². The van der Waals surface area contributed by atoms with Crippen LogP contribution in [0.3, 0.4) is 0 Å². The molecular weight excluding hydrogens is 314 g/mol. The standard InChI is InChI=1S/C17H22ClN3O2/c1-12(22)9-15-3-2-7-21(15)8-6-17(23)20-14-5-4-13(11-19)16(18)10-14/h4-5,10,12,15,22H,2-3,6-9H2,1H3,(H,20,23). The van der Waals surface area contributed by atoms with Gasteiger partial charge in [0.2, 0.25) is 5.91 Å². The Morgan fingerprint density at radius 3 is 3.04 bits per heavy atom. The van der Waals surface area contributed by atoms with Gasteiger partial charge in [0.25, 0.3) is 0 Å². The van der Waals surface area contributed by atoms with Gasteiger partial charge in [-0.15, -0.1) is 0 Å². The molecule has 124 valence electrons. The molecule has 2 atom stereocenters. The zero-order valence-electron chi connectivity index (χ0n) is 13.3. The molecule has 2 N–H and O–H groups in total. The molecule has 0 bridgehead atoms. The summed E-state index contributed by atoms with van der Waals surface area (Å²) < 4.78 is 0. The number of benzene rings is 1. The summed E-state index contributed by atoms with van der Waals surface area (Å²) in [5.74, 6) is -0.0755. The molecule has 1 heterocycles. The fourth-order valence-corrected chi connectivity index (χ4v) is 3.23. The largest absolute Gasteiger partial charge is 0.393 e. The molecule has 6 heteroatoms. The van der Waals surface area contributed by atoms with Crippen molar-refractivity contribution in [3.05, 3.63) is 28.8 Å². The number of amides is 1. The number of halogens is 1. The molecule has 0 saturated carbocycles. The van der Waals surface area contributed by atoms with Gasteiger partial charge < -0.3 is 10.4 Å². The van der Waals surface area contributed by atoms with Gasteiger partial charge in [-0.25, -0.2) is 0 Å². The number of anilines is 1. The van der Waals surface area contributed by atoms with E-state index in [-0.39, 0.29) is 12.0 Å². The molecule has 1 aliphatic rings. The highest BCUT2D eigenvalue weighted by atomic mass is 35.5. The molecule has 1 aliphatic heterocycles. The molecule has 0 aromatic heterocycles. The zero-order valence-corrected chi connectivity index (χ0v) is 14.0. The average Bonchev–Trinajstić information content (AvgIpc) is 2.92. The maximum atomic E-state index is 12.1. The van der Waals surface area contributed by atoms with Crippen LogP contribution >= 0.6 is 11.6 Å². The molecule has 2 rings (SSSR count). The number of aliphatic hydroxyl groups is 1. The number of nitriles is 1. The minimum Gasteiger partial charge on any atom is -0.393 e. The Hall–Kier alpha value is -1.61. The summed E-state index contributed by atoms with van der Waals surface area (Å²) in [5, 5.41) is 21.5. The lowest BCUT2D eigenvalue weighted by atomic mass is 10.1. The van der Waals surface area contributed by atoms with Crippen LogP contribution in [0.25, 0.3) is 0 Å². The molecular formula is C17H22ClN3O2. The summed E-state index contributed by atoms with van der Waals surface area (Å²) >= 11 is 5.96. The van der Waals surface area contributed by atoms with E-state index in [1.165, 1.54) is 0 Å². The highest BCUT2D eigenvalue weighted by molar-refractivity contribution is 6.32. The highest BCUT2D eigenvalue weighted by Crippen LogP contribution is 2.22. The number of nitrogens with zero attached hydrogens (tertiary/aromatic N) is 2. The van der Waals surface area contributed by atoms with Gasteiger partial charge in [0.15, 0.2) is 0 Å². The second kappa shape index (κ2) is 8.30. The Morgan fingerprint density at radius 2 is 2.39 bits per heavy atom. The van der Waals surface area contributed by atoms with Crippen LogP contribution in [0.4, 0.5) is 5.69 Å². The molecule has 1 saturated heterocycles. The molecule has 2 unspecified atom stereocenters. The number of aliphatic hydroxyl groups excluding tert-OH is 1. The van der Waals surface area contributed by atoms with E-state index in [9.17, 15) is 9.90 Å². The molecule has 0 aliphatic carbocycles. The molecule has 1 aromatic rings. The SMILES string of the molecule is CC(O)CC1CCCN1CCC(=O)Nc1ccc(C#N)c(Cl)c1.